The van der Waals surface area contributed by atoms with Crippen molar-refractivity contribution in [3.05, 3.63) is 45.5 Å². The molecule has 0 N–H and O–H groups in total. The summed E-state index contributed by atoms with van der Waals surface area (Å²) in [6.45, 7) is 2.96. The van der Waals surface area contributed by atoms with E-state index in [-0.39, 0.29) is 5.56 Å². The highest BCUT2D eigenvalue weighted by molar-refractivity contribution is 6.30. The summed E-state index contributed by atoms with van der Waals surface area (Å²) in [6, 6.07) is 5.15. The quantitative estimate of drug-likeness (QED) is 0.846. The Labute approximate surface area is 116 Å². The third-order valence-electron chi connectivity index (χ3n) is 3.51. The molecule has 0 saturated carbocycles. The van der Waals surface area contributed by atoms with Crippen molar-refractivity contribution in [1.29, 1.82) is 0 Å². The molecule has 0 spiro atoms. The van der Waals surface area contributed by atoms with Crippen LogP contribution in [0, 0.1) is 0 Å². The molecule has 2 aromatic heterocycles. The molecule has 1 aliphatic heterocycles. The summed E-state index contributed by atoms with van der Waals surface area (Å²) in [7, 11) is 0. The van der Waals surface area contributed by atoms with Gasteiger partial charge in [-0.25, -0.2) is 4.98 Å². The molecule has 0 radical (unpaired) electrons. The molecule has 1 aliphatic rings. The van der Waals surface area contributed by atoms with Crippen molar-refractivity contribution in [3.8, 4) is 0 Å². The minimum Gasteiger partial charge on any atom is -0.298 e. The van der Waals surface area contributed by atoms with Crippen molar-refractivity contribution in [2.24, 2.45) is 0 Å². The molecule has 1 saturated heterocycles. The maximum Gasteiger partial charge on any atom is 0.258 e. The van der Waals surface area contributed by atoms with Crippen LogP contribution in [0.4, 0.5) is 0 Å². The number of nitrogens with zero attached hydrogens (tertiary/aromatic N) is 3. The van der Waals surface area contributed by atoms with E-state index in [1.165, 1.54) is 23.7 Å². The Morgan fingerprint density at radius 3 is 2.79 bits per heavy atom. The first kappa shape index (κ1) is 12.6. The lowest BCUT2D eigenvalue weighted by Crippen LogP contribution is -2.30. The van der Waals surface area contributed by atoms with E-state index in [0.717, 1.165) is 25.3 Å². The molecular formula is C14H16ClN3O. The molecular weight excluding hydrogens is 262 g/mol. The summed E-state index contributed by atoms with van der Waals surface area (Å²) >= 11 is 5.89. The lowest BCUT2D eigenvalue weighted by Gasteiger charge is -2.25. The average molecular weight is 278 g/mol. The van der Waals surface area contributed by atoms with Gasteiger partial charge in [0.2, 0.25) is 0 Å². The maximum absolute atomic E-state index is 12.0. The van der Waals surface area contributed by atoms with Gasteiger partial charge < -0.3 is 0 Å². The molecule has 4 nitrogen and oxygen atoms in total. The van der Waals surface area contributed by atoms with Gasteiger partial charge in [0.15, 0.2) is 0 Å². The van der Waals surface area contributed by atoms with Gasteiger partial charge in [-0.1, -0.05) is 18.0 Å². The van der Waals surface area contributed by atoms with Crippen molar-refractivity contribution < 1.29 is 0 Å². The zero-order valence-electron chi connectivity index (χ0n) is 10.7. The van der Waals surface area contributed by atoms with Gasteiger partial charge in [0.1, 0.15) is 5.65 Å². The smallest absolute Gasteiger partial charge is 0.258 e. The van der Waals surface area contributed by atoms with Gasteiger partial charge >= 0.3 is 0 Å². The average Bonchev–Trinajstić information content (AvgIpc) is 2.41. The fourth-order valence-corrected chi connectivity index (χ4v) is 2.71. The number of likely N-dealkylation sites (tertiary alicyclic amines) is 1. The molecule has 100 valence electrons. The van der Waals surface area contributed by atoms with Crippen LogP contribution >= 0.6 is 11.6 Å². The van der Waals surface area contributed by atoms with Gasteiger partial charge in [0.25, 0.3) is 5.56 Å². The van der Waals surface area contributed by atoms with Gasteiger partial charge in [-0.15, -0.1) is 0 Å². The maximum atomic E-state index is 12.0. The van der Waals surface area contributed by atoms with Crippen LogP contribution in [0.1, 0.15) is 25.0 Å². The van der Waals surface area contributed by atoms with E-state index in [9.17, 15) is 4.79 Å². The van der Waals surface area contributed by atoms with Crippen molar-refractivity contribution in [2.75, 3.05) is 13.1 Å². The van der Waals surface area contributed by atoms with E-state index in [1.54, 1.807) is 24.4 Å². The summed E-state index contributed by atoms with van der Waals surface area (Å²) in [4.78, 5) is 18.9. The Morgan fingerprint density at radius 1 is 1.21 bits per heavy atom. The molecule has 3 heterocycles. The number of hydrogen-bond donors (Lipinski definition) is 0. The molecule has 2 aromatic rings. The predicted molar refractivity (Wildman–Crippen MR) is 75.6 cm³/mol. The van der Waals surface area contributed by atoms with Crippen LogP contribution in [0.2, 0.25) is 5.02 Å². The predicted octanol–water partition coefficient (Wildman–Crippen LogP) is 2.33. The number of rotatable bonds is 2. The minimum atomic E-state index is -0.0699. The fourth-order valence-electron chi connectivity index (χ4n) is 2.55. The Hall–Kier alpha value is -1.39. The van der Waals surface area contributed by atoms with Gasteiger partial charge in [0, 0.05) is 18.8 Å². The first-order valence-corrected chi connectivity index (χ1v) is 7.00. The van der Waals surface area contributed by atoms with E-state index in [4.69, 9.17) is 11.6 Å². The molecule has 0 amide bonds. The Bertz CT molecular complexity index is 647. The van der Waals surface area contributed by atoms with E-state index in [0.29, 0.717) is 10.7 Å². The van der Waals surface area contributed by atoms with Crippen LogP contribution in [0.5, 0.6) is 0 Å². The van der Waals surface area contributed by atoms with Crippen LogP contribution in [0.15, 0.2) is 29.2 Å². The molecule has 0 atom stereocenters. The Balaban J connectivity index is 1.92. The highest BCUT2D eigenvalue weighted by Crippen LogP contribution is 2.12. The van der Waals surface area contributed by atoms with E-state index in [1.807, 2.05) is 0 Å². The Kier molecular flexibility index (Phi) is 3.53. The molecule has 19 heavy (non-hydrogen) atoms. The minimum absolute atomic E-state index is 0.0699. The van der Waals surface area contributed by atoms with Crippen molar-refractivity contribution in [1.82, 2.24) is 14.3 Å². The van der Waals surface area contributed by atoms with Crippen molar-refractivity contribution >= 4 is 17.2 Å². The third-order valence-corrected chi connectivity index (χ3v) is 3.73. The standard InChI is InChI=1S/C14H16ClN3O/c15-11-4-5-13-16-12(8-14(19)18(13)9-11)10-17-6-2-1-3-7-17/h4-5,8-9H,1-3,6-7,10H2. The summed E-state index contributed by atoms with van der Waals surface area (Å²) in [5.41, 5.74) is 1.43. The first-order valence-electron chi connectivity index (χ1n) is 6.62. The number of aromatic nitrogens is 2. The van der Waals surface area contributed by atoms with Crippen molar-refractivity contribution in [3.63, 3.8) is 0 Å². The van der Waals surface area contributed by atoms with Gasteiger partial charge in [-0.3, -0.25) is 14.1 Å². The normalized spacial score (nSPS) is 16.9. The number of pyridine rings is 1. The second kappa shape index (κ2) is 5.31. The van der Waals surface area contributed by atoms with Crippen LogP contribution in [-0.2, 0) is 6.54 Å². The summed E-state index contributed by atoms with van der Waals surface area (Å²) in [5, 5.41) is 0.542. The lowest BCUT2D eigenvalue weighted by molar-refractivity contribution is 0.218. The molecule has 3 rings (SSSR count). The van der Waals surface area contributed by atoms with Crippen molar-refractivity contribution in [2.45, 2.75) is 25.8 Å². The van der Waals surface area contributed by atoms with E-state index >= 15 is 0 Å². The van der Waals surface area contributed by atoms with Gasteiger partial charge in [-0.2, -0.15) is 0 Å². The topological polar surface area (TPSA) is 37.6 Å². The summed E-state index contributed by atoms with van der Waals surface area (Å²) in [5.74, 6) is 0. The molecule has 0 aliphatic carbocycles. The summed E-state index contributed by atoms with van der Waals surface area (Å²) in [6.07, 6.45) is 5.39. The second-order valence-corrected chi connectivity index (χ2v) is 5.43. The number of piperidine rings is 1. The SMILES string of the molecule is O=c1cc(CN2CCCCC2)nc2ccc(Cl)cn12. The third kappa shape index (κ3) is 2.80. The van der Waals surface area contributed by atoms with Gasteiger partial charge in [0.05, 0.1) is 10.7 Å². The van der Waals surface area contributed by atoms with Crippen LogP contribution < -0.4 is 5.56 Å². The first-order chi connectivity index (χ1) is 9.22. The van der Waals surface area contributed by atoms with Crippen LogP contribution in [0.3, 0.4) is 0 Å². The van der Waals surface area contributed by atoms with Gasteiger partial charge in [-0.05, 0) is 38.1 Å². The highest BCUT2D eigenvalue weighted by atomic mass is 35.5. The molecule has 0 bridgehead atoms. The zero-order valence-corrected chi connectivity index (χ0v) is 11.4. The second-order valence-electron chi connectivity index (χ2n) is 5.00. The van der Waals surface area contributed by atoms with Crippen LogP contribution in [-0.4, -0.2) is 27.4 Å². The number of halogens is 1. The fraction of sp³-hybridized carbons (Fsp3) is 0.429. The largest absolute Gasteiger partial charge is 0.298 e. The van der Waals surface area contributed by atoms with Crippen LogP contribution in [0.25, 0.3) is 5.65 Å². The molecule has 0 unspecified atom stereocenters. The number of fused-ring (bicyclic) bond motifs is 1. The summed E-state index contributed by atoms with van der Waals surface area (Å²) < 4.78 is 1.49. The lowest BCUT2D eigenvalue weighted by atomic mass is 10.1. The zero-order chi connectivity index (χ0) is 13.2. The molecule has 5 heteroatoms. The molecule has 0 aromatic carbocycles. The monoisotopic (exact) mass is 277 g/mol. The highest BCUT2D eigenvalue weighted by Gasteiger charge is 2.12. The Morgan fingerprint density at radius 2 is 2.00 bits per heavy atom. The van der Waals surface area contributed by atoms with E-state index in [2.05, 4.69) is 9.88 Å². The molecule has 1 fully saturated rings. The van der Waals surface area contributed by atoms with E-state index < -0.39 is 0 Å². The number of hydrogen-bond acceptors (Lipinski definition) is 3.